The molecule has 2 rings (SSSR count). The maximum Gasteiger partial charge on any atom is 0.397 e. The second kappa shape index (κ2) is 5.90. The Kier molecular flexibility index (Phi) is 4.78. The maximum atomic E-state index is 12.8. The Balaban J connectivity index is 2.14. The van der Waals surface area contributed by atoms with E-state index in [2.05, 4.69) is 0 Å². The van der Waals surface area contributed by atoms with Gasteiger partial charge in [-0.05, 0) is 18.8 Å². The molecule has 0 aromatic rings. The van der Waals surface area contributed by atoms with Crippen LogP contribution in [0, 0.1) is 17.3 Å². The van der Waals surface area contributed by atoms with Gasteiger partial charge in [-0.1, -0.05) is 47.0 Å². The summed E-state index contributed by atoms with van der Waals surface area (Å²) in [4.78, 5) is 12.5. The molecule has 2 fully saturated rings. The Morgan fingerprint density at radius 2 is 1.80 bits per heavy atom. The topological polar surface area (TPSA) is 52.6 Å². The minimum absolute atomic E-state index is 0.136. The highest BCUT2D eigenvalue weighted by molar-refractivity contribution is 7.71. The fraction of sp³-hybridized carbons (Fsp3) is 0.933. The zero-order valence-electron chi connectivity index (χ0n) is 13.1. The highest BCUT2D eigenvalue weighted by atomic mass is 31.2. The van der Waals surface area contributed by atoms with Crippen molar-refractivity contribution in [1.29, 1.82) is 0 Å². The van der Waals surface area contributed by atoms with Crippen molar-refractivity contribution in [2.45, 2.75) is 65.9 Å². The van der Waals surface area contributed by atoms with Gasteiger partial charge in [-0.3, -0.25) is 13.9 Å². The van der Waals surface area contributed by atoms with Crippen LogP contribution in [0.15, 0.2) is 0 Å². The van der Waals surface area contributed by atoms with Gasteiger partial charge in [-0.25, -0.2) is 0 Å². The summed E-state index contributed by atoms with van der Waals surface area (Å²) in [6.07, 6.45) is 4.69. The Morgan fingerprint density at radius 1 is 1.20 bits per heavy atom. The molecule has 2 unspecified atom stereocenters. The zero-order valence-corrected chi connectivity index (χ0v) is 13.9. The summed E-state index contributed by atoms with van der Waals surface area (Å²) >= 11 is 0. The average Bonchev–Trinajstić information content (AvgIpc) is 2.41. The van der Waals surface area contributed by atoms with E-state index < -0.39 is 7.60 Å². The van der Waals surface area contributed by atoms with E-state index in [9.17, 15) is 9.36 Å². The fourth-order valence-electron chi connectivity index (χ4n) is 3.37. The van der Waals surface area contributed by atoms with E-state index in [1.807, 2.05) is 27.7 Å². The highest BCUT2D eigenvalue weighted by Crippen LogP contribution is 2.60. The molecule has 0 bridgehead atoms. The number of hydrogen-bond acceptors (Lipinski definition) is 4. The second-order valence-corrected chi connectivity index (χ2v) is 9.11. The van der Waals surface area contributed by atoms with Crippen molar-refractivity contribution in [3.8, 4) is 0 Å². The van der Waals surface area contributed by atoms with Gasteiger partial charge in [0.1, 0.15) is 0 Å². The summed E-state index contributed by atoms with van der Waals surface area (Å²) in [5.74, 6) is 0.0741. The van der Waals surface area contributed by atoms with Crippen LogP contribution in [0.4, 0.5) is 0 Å². The van der Waals surface area contributed by atoms with Gasteiger partial charge in [0.25, 0.3) is 0 Å². The van der Waals surface area contributed by atoms with Crippen molar-refractivity contribution in [3.63, 3.8) is 0 Å². The van der Waals surface area contributed by atoms with Crippen LogP contribution in [0.5, 0.6) is 0 Å². The summed E-state index contributed by atoms with van der Waals surface area (Å²) < 4.78 is 24.1. The van der Waals surface area contributed by atoms with Crippen molar-refractivity contribution in [3.05, 3.63) is 0 Å². The van der Waals surface area contributed by atoms with Crippen LogP contribution in [-0.4, -0.2) is 18.2 Å². The van der Waals surface area contributed by atoms with Gasteiger partial charge in [-0.2, -0.15) is 0 Å². The van der Waals surface area contributed by atoms with E-state index >= 15 is 0 Å². The summed E-state index contributed by atoms with van der Waals surface area (Å²) in [7, 11) is -3.60. The van der Waals surface area contributed by atoms with E-state index in [0.717, 1.165) is 32.1 Å². The first-order valence-electron chi connectivity index (χ1n) is 7.74. The van der Waals surface area contributed by atoms with Gasteiger partial charge in [0.15, 0.2) is 0 Å². The molecule has 0 spiro atoms. The predicted octanol–water partition coefficient (Wildman–Crippen LogP) is 4.38. The zero-order chi connectivity index (χ0) is 15.0. The molecule has 0 radical (unpaired) electrons. The summed E-state index contributed by atoms with van der Waals surface area (Å²) in [6, 6.07) is 0. The number of carbonyl (C=O) groups is 1. The Labute approximate surface area is 122 Å². The van der Waals surface area contributed by atoms with E-state index in [0.29, 0.717) is 6.61 Å². The summed E-state index contributed by atoms with van der Waals surface area (Å²) in [5, 5.41) is 0. The van der Waals surface area contributed by atoms with Crippen LogP contribution >= 0.6 is 7.60 Å². The molecule has 1 aliphatic heterocycles. The first kappa shape index (κ1) is 16.2. The van der Waals surface area contributed by atoms with Crippen molar-refractivity contribution in [1.82, 2.24) is 0 Å². The van der Waals surface area contributed by atoms with Gasteiger partial charge in [0.2, 0.25) is 5.52 Å². The van der Waals surface area contributed by atoms with Gasteiger partial charge in [-0.15, -0.1) is 0 Å². The predicted molar refractivity (Wildman–Crippen MR) is 78.6 cm³/mol. The minimum atomic E-state index is -3.60. The molecule has 2 atom stereocenters. The van der Waals surface area contributed by atoms with Crippen LogP contribution in [-0.2, 0) is 18.4 Å². The number of carbonyl (C=O) groups excluding carboxylic acids is 1. The van der Waals surface area contributed by atoms with Crippen molar-refractivity contribution in [2.75, 3.05) is 6.61 Å². The molecule has 0 aromatic heterocycles. The van der Waals surface area contributed by atoms with Gasteiger partial charge in [0, 0.05) is 11.3 Å². The standard InChI is InChI=1S/C15H27O4P/c1-11(2)13-15(3,4)10-18-20(17,19-13)14(16)12-8-6-5-7-9-12/h11-13H,5-10H2,1-4H3. The maximum absolute atomic E-state index is 12.8. The first-order valence-corrected chi connectivity index (χ1v) is 9.28. The molecule has 4 nitrogen and oxygen atoms in total. The largest absolute Gasteiger partial charge is 0.397 e. The smallest absolute Gasteiger partial charge is 0.303 e. The third-order valence-corrected chi connectivity index (χ3v) is 6.34. The van der Waals surface area contributed by atoms with Gasteiger partial charge >= 0.3 is 7.60 Å². The fourth-order valence-corrected chi connectivity index (χ4v) is 5.70. The third kappa shape index (κ3) is 3.18. The molecule has 5 heteroatoms. The average molecular weight is 302 g/mol. The monoisotopic (exact) mass is 302 g/mol. The van der Waals surface area contributed by atoms with Crippen LogP contribution in [0.25, 0.3) is 0 Å². The lowest BCUT2D eigenvalue weighted by molar-refractivity contribution is -0.122. The quantitative estimate of drug-likeness (QED) is 0.726. The van der Waals surface area contributed by atoms with Crippen LogP contribution in [0.1, 0.15) is 59.8 Å². The first-order chi connectivity index (χ1) is 9.26. The molecule has 0 N–H and O–H groups in total. The van der Waals surface area contributed by atoms with E-state index in [4.69, 9.17) is 9.05 Å². The van der Waals surface area contributed by atoms with E-state index in [1.165, 1.54) is 0 Å². The van der Waals surface area contributed by atoms with E-state index in [1.54, 1.807) is 0 Å². The number of hydrogen-bond donors (Lipinski definition) is 0. The summed E-state index contributed by atoms with van der Waals surface area (Å²) in [6.45, 7) is 8.46. The molecular formula is C15H27O4P. The van der Waals surface area contributed by atoms with Crippen molar-refractivity contribution in [2.24, 2.45) is 17.3 Å². The molecule has 116 valence electrons. The second-order valence-electron chi connectivity index (χ2n) is 7.20. The van der Waals surface area contributed by atoms with E-state index in [-0.39, 0.29) is 28.9 Å². The molecule has 20 heavy (non-hydrogen) atoms. The molecule has 1 aliphatic carbocycles. The lowest BCUT2D eigenvalue weighted by Gasteiger charge is -2.43. The Hall–Kier alpha value is -0.180. The molecule has 1 saturated heterocycles. The SMILES string of the molecule is CC(C)C1OP(=O)(C(=O)C2CCCCC2)OCC1(C)C. The number of rotatable bonds is 3. The molecule has 0 aromatic carbocycles. The highest BCUT2D eigenvalue weighted by Gasteiger charge is 2.50. The lowest BCUT2D eigenvalue weighted by Crippen LogP contribution is -2.44. The molecule has 2 aliphatic rings. The molecule has 0 amide bonds. The third-order valence-electron chi connectivity index (χ3n) is 4.46. The van der Waals surface area contributed by atoms with Crippen LogP contribution in [0.2, 0.25) is 0 Å². The Bertz CT molecular complexity index is 410. The molecular weight excluding hydrogens is 275 g/mol. The van der Waals surface area contributed by atoms with Crippen LogP contribution in [0.3, 0.4) is 0 Å². The normalized spacial score (nSPS) is 35.1. The molecule has 1 saturated carbocycles. The van der Waals surface area contributed by atoms with Gasteiger partial charge < -0.3 is 4.52 Å². The van der Waals surface area contributed by atoms with Crippen molar-refractivity contribution >= 4 is 13.1 Å². The lowest BCUT2D eigenvalue weighted by atomic mass is 9.81. The van der Waals surface area contributed by atoms with Crippen molar-refractivity contribution < 1.29 is 18.4 Å². The Morgan fingerprint density at radius 3 is 2.35 bits per heavy atom. The minimum Gasteiger partial charge on any atom is -0.303 e. The molecule has 1 heterocycles. The van der Waals surface area contributed by atoms with Gasteiger partial charge in [0.05, 0.1) is 12.7 Å². The van der Waals surface area contributed by atoms with Crippen LogP contribution < -0.4 is 0 Å². The summed E-state index contributed by atoms with van der Waals surface area (Å²) in [5.41, 5.74) is -0.493.